The van der Waals surface area contributed by atoms with Crippen molar-refractivity contribution in [3.63, 3.8) is 0 Å². The molecule has 0 spiro atoms. The van der Waals surface area contributed by atoms with Crippen molar-refractivity contribution in [3.05, 3.63) is 29.8 Å². The number of hydrogen-bond acceptors (Lipinski definition) is 4. The normalized spacial score (nSPS) is 15.3. The number of piperazine rings is 1. The summed E-state index contributed by atoms with van der Waals surface area (Å²) >= 11 is 0. The molecule has 0 atom stereocenters. The SMILES string of the molecule is Cc1ccccc1OC(=O)N1CCN(C(=O)OC(C)(C)C)CC1. The van der Waals surface area contributed by atoms with Crippen LogP contribution in [0.4, 0.5) is 9.59 Å². The third-order valence-corrected chi connectivity index (χ3v) is 3.48. The molecule has 1 aliphatic heterocycles. The van der Waals surface area contributed by atoms with Gasteiger partial charge in [-0.15, -0.1) is 0 Å². The second-order valence-corrected chi connectivity index (χ2v) is 6.59. The van der Waals surface area contributed by atoms with Gasteiger partial charge in [-0.25, -0.2) is 9.59 Å². The maximum atomic E-state index is 12.2. The van der Waals surface area contributed by atoms with Crippen LogP contribution in [0.1, 0.15) is 26.3 Å². The number of nitrogens with zero attached hydrogens (tertiary/aromatic N) is 2. The van der Waals surface area contributed by atoms with Crippen LogP contribution in [-0.4, -0.2) is 53.8 Å². The predicted octanol–water partition coefficient (Wildman–Crippen LogP) is 3.05. The first-order valence-electron chi connectivity index (χ1n) is 7.76. The van der Waals surface area contributed by atoms with Crippen molar-refractivity contribution in [2.24, 2.45) is 0 Å². The Morgan fingerprint density at radius 1 is 0.957 bits per heavy atom. The van der Waals surface area contributed by atoms with Crippen molar-refractivity contribution in [3.8, 4) is 5.75 Å². The topological polar surface area (TPSA) is 59.1 Å². The Labute approximate surface area is 137 Å². The Bertz CT molecular complexity index is 572. The van der Waals surface area contributed by atoms with Gasteiger partial charge in [0.15, 0.2) is 0 Å². The average molecular weight is 320 g/mol. The molecule has 126 valence electrons. The van der Waals surface area contributed by atoms with Crippen LogP contribution in [0.2, 0.25) is 0 Å². The quantitative estimate of drug-likeness (QED) is 0.798. The van der Waals surface area contributed by atoms with Gasteiger partial charge in [0.05, 0.1) is 0 Å². The monoisotopic (exact) mass is 320 g/mol. The molecule has 1 aliphatic rings. The molecule has 0 bridgehead atoms. The van der Waals surface area contributed by atoms with Gasteiger partial charge in [0.2, 0.25) is 0 Å². The summed E-state index contributed by atoms with van der Waals surface area (Å²) in [4.78, 5) is 27.4. The molecular weight excluding hydrogens is 296 g/mol. The van der Waals surface area contributed by atoms with Crippen LogP contribution in [0.15, 0.2) is 24.3 Å². The van der Waals surface area contributed by atoms with Crippen LogP contribution in [0.5, 0.6) is 5.75 Å². The Morgan fingerprint density at radius 2 is 1.48 bits per heavy atom. The second kappa shape index (κ2) is 6.89. The van der Waals surface area contributed by atoms with E-state index in [-0.39, 0.29) is 12.2 Å². The van der Waals surface area contributed by atoms with Crippen LogP contribution >= 0.6 is 0 Å². The van der Waals surface area contributed by atoms with Crippen LogP contribution in [0.3, 0.4) is 0 Å². The van der Waals surface area contributed by atoms with E-state index < -0.39 is 5.60 Å². The molecule has 0 aromatic heterocycles. The van der Waals surface area contributed by atoms with Crippen molar-refractivity contribution >= 4 is 12.2 Å². The maximum absolute atomic E-state index is 12.2. The van der Waals surface area contributed by atoms with Gasteiger partial charge in [0.25, 0.3) is 0 Å². The number of para-hydroxylation sites is 1. The zero-order valence-electron chi connectivity index (χ0n) is 14.2. The van der Waals surface area contributed by atoms with Crippen molar-refractivity contribution in [2.45, 2.75) is 33.3 Å². The van der Waals surface area contributed by atoms with E-state index >= 15 is 0 Å². The average Bonchev–Trinajstić information content (AvgIpc) is 2.48. The molecule has 1 heterocycles. The van der Waals surface area contributed by atoms with E-state index in [0.717, 1.165) is 5.56 Å². The number of ether oxygens (including phenoxy) is 2. The number of aryl methyl sites for hydroxylation is 1. The minimum Gasteiger partial charge on any atom is -0.444 e. The summed E-state index contributed by atoms with van der Waals surface area (Å²) in [5.74, 6) is 0.562. The fourth-order valence-electron chi connectivity index (χ4n) is 2.23. The molecule has 0 N–H and O–H groups in total. The third-order valence-electron chi connectivity index (χ3n) is 3.48. The number of carbonyl (C=O) groups excluding carboxylic acids is 2. The van der Waals surface area contributed by atoms with Crippen molar-refractivity contribution in [1.82, 2.24) is 9.80 Å². The standard InChI is InChI=1S/C17H24N2O4/c1-13-7-5-6-8-14(13)22-15(20)18-9-11-19(12-10-18)16(21)23-17(2,3)4/h5-8H,9-12H2,1-4H3. The van der Waals surface area contributed by atoms with Gasteiger partial charge in [0.1, 0.15) is 11.4 Å². The second-order valence-electron chi connectivity index (χ2n) is 6.59. The predicted molar refractivity (Wildman–Crippen MR) is 86.6 cm³/mol. The molecule has 0 saturated carbocycles. The van der Waals surface area contributed by atoms with Crippen molar-refractivity contribution < 1.29 is 19.1 Å². The van der Waals surface area contributed by atoms with Gasteiger partial charge in [-0.2, -0.15) is 0 Å². The summed E-state index contributed by atoms with van der Waals surface area (Å²) in [6.45, 7) is 9.15. The molecule has 0 unspecified atom stereocenters. The van der Waals surface area contributed by atoms with Gasteiger partial charge in [-0.3, -0.25) is 0 Å². The lowest BCUT2D eigenvalue weighted by Crippen LogP contribution is -2.52. The zero-order chi connectivity index (χ0) is 17.0. The Hall–Kier alpha value is -2.24. The summed E-state index contributed by atoms with van der Waals surface area (Å²) in [7, 11) is 0. The molecule has 1 aromatic carbocycles. The highest BCUT2D eigenvalue weighted by molar-refractivity contribution is 5.72. The van der Waals surface area contributed by atoms with Crippen LogP contribution in [0.25, 0.3) is 0 Å². The molecule has 1 saturated heterocycles. The summed E-state index contributed by atoms with van der Waals surface area (Å²) in [6.07, 6.45) is -0.729. The minimum absolute atomic E-state index is 0.343. The molecule has 1 aromatic rings. The molecule has 0 radical (unpaired) electrons. The van der Waals surface area contributed by atoms with E-state index in [1.165, 1.54) is 0 Å². The number of hydrogen-bond donors (Lipinski definition) is 0. The molecule has 1 fully saturated rings. The lowest BCUT2D eigenvalue weighted by molar-refractivity contribution is 0.0154. The van der Waals surface area contributed by atoms with Crippen LogP contribution in [0, 0.1) is 6.92 Å². The van der Waals surface area contributed by atoms with Gasteiger partial charge in [-0.1, -0.05) is 18.2 Å². The number of benzene rings is 1. The summed E-state index contributed by atoms with van der Waals surface area (Å²) < 4.78 is 10.7. The van der Waals surface area contributed by atoms with Gasteiger partial charge in [-0.05, 0) is 39.3 Å². The fourth-order valence-corrected chi connectivity index (χ4v) is 2.23. The molecule has 2 rings (SSSR count). The van der Waals surface area contributed by atoms with Crippen LogP contribution < -0.4 is 4.74 Å². The van der Waals surface area contributed by atoms with Crippen LogP contribution in [-0.2, 0) is 4.74 Å². The van der Waals surface area contributed by atoms with E-state index in [1.807, 2.05) is 45.9 Å². The van der Waals surface area contributed by atoms with Crippen molar-refractivity contribution in [2.75, 3.05) is 26.2 Å². The highest BCUT2D eigenvalue weighted by Gasteiger charge is 2.28. The van der Waals surface area contributed by atoms with E-state index in [4.69, 9.17) is 9.47 Å². The van der Waals surface area contributed by atoms with E-state index in [9.17, 15) is 9.59 Å². The highest BCUT2D eigenvalue weighted by atomic mass is 16.6. The minimum atomic E-state index is -0.516. The summed E-state index contributed by atoms with van der Waals surface area (Å²) in [5.41, 5.74) is 0.395. The summed E-state index contributed by atoms with van der Waals surface area (Å²) in [5, 5.41) is 0. The molecule has 2 amide bonds. The van der Waals surface area contributed by atoms with E-state index in [2.05, 4.69) is 0 Å². The molecule has 6 nitrogen and oxygen atoms in total. The number of rotatable bonds is 1. The Kier molecular flexibility index (Phi) is 5.13. The molecule has 23 heavy (non-hydrogen) atoms. The van der Waals surface area contributed by atoms with E-state index in [0.29, 0.717) is 31.9 Å². The lowest BCUT2D eigenvalue weighted by Gasteiger charge is -2.35. The number of amides is 2. The first kappa shape index (κ1) is 17.1. The molecule has 0 aliphatic carbocycles. The van der Waals surface area contributed by atoms with Gasteiger partial charge >= 0.3 is 12.2 Å². The first-order valence-corrected chi connectivity index (χ1v) is 7.76. The van der Waals surface area contributed by atoms with E-state index in [1.54, 1.807) is 15.9 Å². The van der Waals surface area contributed by atoms with Crippen molar-refractivity contribution in [1.29, 1.82) is 0 Å². The Balaban J connectivity index is 1.85. The largest absolute Gasteiger partial charge is 0.444 e. The zero-order valence-corrected chi connectivity index (χ0v) is 14.2. The van der Waals surface area contributed by atoms with Gasteiger partial charge < -0.3 is 19.3 Å². The smallest absolute Gasteiger partial charge is 0.415 e. The number of carbonyl (C=O) groups is 2. The highest BCUT2D eigenvalue weighted by Crippen LogP contribution is 2.18. The first-order chi connectivity index (χ1) is 10.8. The Morgan fingerprint density at radius 3 is 2.00 bits per heavy atom. The summed E-state index contributed by atoms with van der Waals surface area (Å²) in [6, 6.07) is 7.38. The lowest BCUT2D eigenvalue weighted by atomic mass is 10.2. The molecular formula is C17H24N2O4. The third kappa shape index (κ3) is 4.87. The fraction of sp³-hybridized carbons (Fsp3) is 0.529. The van der Waals surface area contributed by atoms with Gasteiger partial charge in [0, 0.05) is 26.2 Å². The molecule has 6 heteroatoms. The maximum Gasteiger partial charge on any atom is 0.415 e.